The summed E-state index contributed by atoms with van der Waals surface area (Å²) < 4.78 is 12.4. The van der Waals surface area contributed by atoms with Crippen LogP contribution < -0.4 is 19.5 Å². The number of para-hydroxylation sites is 1. The van der Waals surface area contributed by atoms with Crippen molar-refractivity contribution in [3.8, 4) is 28.6 Å². The van der Waals surface area contributed by atoms with Crippen molar-refractivity contribution in [2.45, 2.75) is 5.16 Å². The molecule has 10 nitrogen and oxygen atoms in total. The number of hydrogen-bond acceptors (Lipinski definition) is 7. The van der Waals surface area contributed by atoms with Gasteiger partial charge >= 0.3 is 11.1 Å². The van der Waals surface area contributed by atoms with Crippen molar-refractivity contribution in [3.63, 3.8) is 0 Å². The number of carboxylic acids is 1. The molecule has 0 aliphatic rings. The van der Waals surface area contributed by atoms with Gasteiger partial charge in [0.25, 0.3) is 11.7 Å². The highest BCUT2D eigenvalue weighted by Crippen LogP contribution is 2.23. The second-order valence-corrected chi connectivity index (χ2v) is 9.08. The third-order valence-electron chi connectivity index (χ3n) is 5.12. The lowest BCUT2D eigenvalue weighted by Crippen LogP contribution is -2.34. The normalized spacial score (nSPS) is 10.9. The van der Waals surface area contributed by atoms with Gasteiger partial charge in [0.2, 0.25) is 0 Å². The van der Waals surface area contributed by atoms with Gasteiger partial charge < -0.3 is 14.6 Å². The van der Waals surface area contributed by atoms with E-state index in [0.717, 1.165) is 17.0 Å². The molecular weight excluding hydrogens is 530 g/mol. The van der Waals surface area contributed by atoms with E-state index >= 15 is 0 Å². The number of nitrogens with one attached hydrogen (secondary N) is 2. The van der Waals surface area contributed by atoms with E-state index in [-0.39, 0.29) is 11.7 Å². The van der Waals surface area contributed by atoms with Crippen LogP contribution in [0.5, 0.6) is 11.5 Å². The van der Waals surface area contributed by atoms with E-state index in [9.17, 15) is 9.59 Å². The number of amides is 1. The smallest absolute Gasteiger partial charge is 0.342 e. The summed E-state index contributed by atoms with van der Waals surface area (Å²) in [5.74, 6) is 0.379. The van der Waals surface area contributed by atoms with Crippen molar-refractivity contribution in [1.82, 2.24) is 15.6 Å². The molecule has 3 N–H and O–H groups in total. The summed E-state index contributed by atoms with van der Waals surface area (Å²) in [6, 6.07) is 21.6. The number of nitrogens with zero attached hydrogens (tertiary/aromatic N) is 3. The number of aliphatic carboxylic acids is 1. The monoisotopic (exact) mass is 552 g/mol. The summed E-state index contributed by atoms with van der Waals surface area (Å²) in [7, 11) is 1.61. The Morgan fingerprint density at radius 3 is 2.58 bits per heavy atom. The Hall–Kier alpha value is -4.35. The lowest BCUT2D eigenvalue weighted by molar-refractivity contribution is -0.625. The zero-order valence-electron chi connectivity index (χ0n) is 20.1. The molecule has 0 aliphatic carbocycles. The Labute approximate surface area is 227 Å². The number of halogens is 1. The van der Waals surface area contributed by atoms with Crippen LogP contribution in [0, 0.1) is 0 Å². The summed E-state index contributed by atoms with van der Waals surface area (Å²) >= 11 is 7.31. The third-order valence-corrected chi connectivity index (χ3v) is 6.31. The van der Waals surface area contributed by atoms with Crippen LogP contribution in [-0.4, -0.2) is 52.9 Å². The molecule has 3 aromatic carbocycles. The number of methoxy groups -OCH3 is 1. The molecule has 0 aliphatic heterocycles. The number of hydrazone groups is 1. The molecule has 0 saturated carbocycles. The maximum atomic E-state index is 12.5. The summed E-state index contributed by atoms with van der Waals surface area (Å²) in [5.41, 5.74) is 4.68. The lowest BCUT2D eigenvalue weighted by Gasteiger charge is -2.06. The van der Waals surface area contributed by atoms with Crippen LogP contribution in [0.15, 0.2) is 83.1 Å². The number of carboxylic acid groups (broad SMARTS) is 1. The van der Waals surface area contributed by atoms with Gasteiger partial charge in [-0.25, -0.2) is 10.2 Å². The molecule has 4 aromatic rings. The predicted octanol–water partition coefficient (Wildman–Crippen LogP) is 3.72. The van der Waals surface area contributed by atoms with E-state index in [1.807, 2.05) is 41.0 Å². The van der Waals surface area contributed by atoms with Gasteiger partial charge in [-0.2, -0.15) is 9.67 Å². The van der Waals surface area contributed by atoms with Gasteiger partial charge in [-0.3, -0.25) is 4.79 Å². The summed E-state index contributed by atoms with van der Waals surface area (Å²) in [6.07, 6.45) is 1.39. The molecule has 1 amide bonds. The van der Waals surface area contributed by atoms with Crippen LogP contribution in [0.3, 0.4) is 0 Å². The molecule has 1 aromatic heterocycles. The molecule has 0 unspecified atom stereocenters. The molecule has 0 atom stereocenters. The van der Waals surface area contributed by atoms with E-state index in [1.54, 1.807) is 43.5 Å². The molecule has 38 heavy (non-hydrogen) atoms. The quantitative estimate of drug-likeness (QED) is 0.112. The second kappa shape index (κ2) is 12.7. The maximum Gasteiger partial charge on any atom is 0.342 e. The van der Waals surface area contributed by atoms with Gasteiger partial charge in [0.05, 0.1) is 29.7 Å². The fourth-order valence-electron chi connectivity index (χ4n) is 3.36. The number of benzene rings is 3. The number of thioether (sulfide) groups is 1. The zero-order valence-corrected chi connectivity index (χ0v) is 21.7. The van der Waals surface area contributed by atoms with Crippen LogP contribution in [0.25, 0.3) is 17.1 Å². The van der Waals surface area contributed by atoms with Crippen molar-refractivity contribution in [2.24, 2.45) is 5.10 Å². The van der Waals surface area contributed by atoms with Crippen molar-refractivity contribution in [1.29, 1.82) is 0 Å². The van der Waals surface area contributed by atoms with Gasteiger partial charge in [0.1, 0.15) is 17.2 Å². The van der Waals surface area contributed by atoms with Gasteiger partial charge in [0, 0.05) is 10.6 Å². The average molecular weight is 553 g/mol. The number of aromatic amines is 1. The number of carbonyl (C=O) groups is 2. The number of aromatic nitrogens is 3. The Balaban J connectivity index is 1.47. The molecule has 0 bridgehead atoms. The average Bonchev–Trinajstić information content (AvgIpc) is 3.35. The van der Waals surface area contributed by atoms with E-state index in [1.165, 1.54) is 18.0 Å². The highest BCUT2D eigenvalue weighted by Gasteiger charge is 2.24. The van der Waals surface area contributed by atoms with Crippen LogP contribution in [-0.2, 0) is 9.59 Å². The molecule has 1 heterocycles. The van der Waals surface area contributed by atoms with Crippen LogP contribution in [0.4, 0.5) is 0 Å². The van der Waals surface area contributed by atoms with E-state index in [2.05, 4.69) is 20.7 Å². The molecule has 0 radical (unpaired) electrons. The SMILES string of the molecule is COc1ccc(-c2[nH]nc(SCC(=O)NN=Cc3ccccc3OCC(=O)O)[n+]2-c2ccc(Cl)cc2)cc1. The lowest BCUT2D eigenvalue weighted by atomic mass is 10.2. The maximum absolute atomic E-state index is 12.5. The number of hydrogen-bond donors (Lipinski definition) is 3. The minimum atomic E-state index is -1.09. The third kappa shape index (κ3) is 6.90. The first-order valence-electron chi connectivity index (χ1n) is 11.2. The minimum absolute atomic E-state index is 0.0367. The fraction of sp³-hybridized carbons (Fsp3) is 0.115. The van der Waals surface area contributed by atoms with Crippen molar-refractivity contribution < 1.29 is 28.7 Å². The van der Waals surface area contributed by atoms with Crippen molar-refractivity contribution in [3.05, 3.63) is 83.4 Å². The Morgan fingerprint density at radius 2 is 1.87 bits per heavy atom. The molecular formula is C26H23ClN5O5S+. The van der Waals surface area contributed by atoms with E-state index < -0.39 is 12.6 Å². The number of ether oxygens (including phenoxy) is 2. The van der Waals surface area contributed by atoms with Crippen LogP contribution in [0.1, 0.15) is 5.56 Å². The number of carbonyl (C=O) groups excluding carboxylic acids is 1. The molecule has 0 saturated heterocycles. The first kappa shape index (κ1) is 26.7. The Kier molecular flexibility index (Phi) is 8.96. The van der Waals surface area contributed by atoms with Gasteiger partial charge in [-0.05, 0) is 72.4 Å². The molecule has 0 fully saturated rings. The molecule has 4 rings (SSSR count). The summed E-state index contributed by atoms with van der Waals surface area (Å²) in [6.45, 7) is -0.482. The van der Waals surface area contributed by atoms with E-state index in [4.69, 9.17) is 26.2 Å². The highest BCUT2D eigenvalue weighted by atomic mass is 35.5. The largest absolute Gasteiger partial charge is 0.497 e. The summed E-state index contributed by atoms with van der Waals surface area (Å²) in [5, 5.41) is 21.4. The first-order valence-corrected chi connectivity index (χ1v) is 12.6. The van der Waals surface area contributed by atoms with Crippen LogP contribution >= 0.6 is 23.4 Å². The predicted molar refractivity (Wildman–Crippen MR) is 143 cm³/mol. The highest BCUT2D eigenvalue weighted by molar-refractivity contribution is 7.99. The zero-order chi connectivity index (χ0) is 26.9. The number of H-pyrrole nitrogens is 1. The van der Waals surface area contributed by atoms with Gasteiger partial charge in [-0.15, -0.1) is 5.10 Å². The second-order valence-electron chi connectivity index (χ2n) is 7.70. The standard InChI is InChI=1S/C26H22ClN5O5S/c1-36-21-12-6-17(7-13-21)25-30-31-26(32(25)20-10-8-19(27)9-11-20)38-16-23(33)29-28-14-18-4-2-3-5-22(18)37-15-24(34)35/h2-14H,15-16H2,1H3,(H2,29,33,34,35)/p+1. The number of rotatable bonds is 11. The van der Waals surface area contributed by atoms with Crippen LogP contribution in [0.2, 0.25) is 5.02 Å². The topological polar surface area (TPSA) is 130 Å². The van der Waals surface area contributed by atoms with E-state index in [0.29, 0.717) is 27.3 Å². The fourth-order valence-corrected chi connectivity index (χ4v) is 4.25. The van der Waals surface area contributed by atoms with Crippen molar-refractivity contribution >= 4 is 41.5 Å². The minimum Gasteiger partial charge on any atom is -0.497 e. The van der Waals surface area contributed by atoms with Gasteiger partial charge in [-0.1, -0.05) is 23.7 Å². The Morgan fingerprint density at radius 1 is 1.13 bits per heavy atom. The van der Waals surface area contributed by atoms with Gasteiger partial charge in [0.15, 0.2) is 6.61 Å². The molecule has 0 spiro atoms. The van der Waals surface area contributed by atoms with Crippen molar-refractivity contribution in [2.75, 3.05) is 19.5 Å². The molecule has 194 valence electrons. The summed E-state index contributed by atoms with van der Waals surface area (Å²) in [4.78, 5) is 23.3. The Bertz CT molecular complexity index is 1440. The molecule has 12 heteroatoms. The first-order chi connectivity index (χ1) is 18.4.